The van der Waals surface area contributed by atoms with Crippen LogP contribution in [0.3, 0.4) is 0 Å². The monoisotopic (exact) mass is 391 g/mol. The van der Waals surface area contributed by atoms with Crippen LogP contribution in [0.2, 0.25) is 0 Å². The highest BCUT2D eigenvalue weighted by Crippen LogP contribution is 2.51. The molecule has 1 aromatic carbocycles. The van der Waals surface area contributed by atoms with E-state index in [4.69, 9.17) is 0 Å². The Morgan fingerprint density at radius 3 is 2.50 bits per heavy atom. The van der Waals surface area contributed by atoms with E-state index in [0.29, 0.717) is 16.0 Å². The van der Waals surface area contributed by atoms with Crippen LogP contribution in [-0.4, -0.2) is 21.4 Å². The molecule has 1 aromatic heterocycles. The van der Waals surface area contributed by atoms with E-state index in [1.807, 2.05) is 0 Å². The Kier molecular flexibility index (Phi) is 4.20. The van der Waals surface area contributed by atoms with Crippen LogP contribution in [0.1, 0.15) is 48.6 Å². The van der Waals surface area contributed by atoms with Crippen molar-refractivity contribution < 1.29 is 9.18 Å². The van der Waals surface area contributed by atoms with Crippen LogP contribution in [0.25, 0.3) is 0 Å². The van der Waals surface area contributed by atoms with E-state index in [1.165, 1.54) is 12.1 Å². The van der Waals surface area contributed by atoms with Gasteiger partial charge in [0.15, 0.2) is 0 Å². The molecule has 0 atom stereocenters. The number of hydrogen-bond donors (Lipinski definition) is 1. The van der Waals surface area contributed by atoms with Gasteiger partial charge in [-0.05, 0) is 53.4 Å². The van der Waals surface area contributed by atoms with Gasteiger partial charge in [-0.3, -0.25) is 4.79 Å². The zero-order valence-electron chi connectivity index (χ0n) is 13.9. The predicted molar refractivity (Wildman–Crippen MR) is 93.3 cm³/mol. The molecular weight excluding hydrogens is 373 g/mol. The molecule has 0 saturated heterocycles. The molecule has 1 heterocycles. The van der Waals surface area contributed by atoms with Gasteiger partial charge in [-0.1, -0.05) is 26.0 Å². The highest BCUT2D eigenvalue weighted by Gasteiger charge is 2.56. The Bertz CT molecular complexity index is 785. The van der Waals surface area contributed by atoms with Crippen molar-refractivity contribution in [2.75, 3.05) is 0 Å². The van der Waals surface area contributed by atoms with Crippen LogP contribution in [0, 0.1) is 12.7 Å². The fraction of sp³-hybridized carbons (Fsp3) is 0.389. The number of nitrogens with zero attached hydrogens (tertiary/aromatic N) is 2. The Labute approximate surface area is 149 Å². The second-order valence-corrected chi connectivity index (χ2v) is 7.64. The summed E-state index contributed by atoms with van der Waals surface area (Å²) in [5.41, 5.74) is 0.675. The standard InChI is InChI=1S/C18H19BrFN3O/c1-11-21-10-14(19)15(22-11)16(24)23-18(8-9-18)17(2,3)12-4-6-13(20)7-5-12/h4-7,10H,8-9H2,1-3H3,(H,23,24). The molecule has 1 aliphatic carbocycles. The minimum absolute atomic E-state index is 0.222. The van der Waals surface area contributed by atoms with Crippen LogP contribution in [0.4, 0.5) is 4.39 Å². The minimum atomic E-state index is -0.347. The van der Waals surface area contributed by atoms with E-state index in [2.05, 4.69) is 45.1 Å². The number of aryl methyl sites for hydroxylation is 1. The normalized spacial score (nSPS) is 15.9. The molecule has 6 heteroatoms. The van der Waals surface area contributed by atoms with Gasteiger partial charge in [0, 0.05) is 17.2 Å². The Balaban J connectivity index is 1.87. The Morgan fingerprint density at radius 2 is 1.92 bits per heavy atom. The molecule has 0 radical (unpaired) electrons. The van der Waals surface area contributed by atoms with Crippen LogP contribution < -0.4 is 5.32 Å². The lowest BCUT2D eigenvalue weighted by molar-refractivity contribution is 0.0902. The van der Waals surface area contributed by atoms with Crippen molar-refractivity contribution >= 4 is 21.8 Å². The predicted octanol–water partition coefficient (Wildman–Crippen LogP) is 3.93. The molecule has 1 amide bonds. The summed E-state index contributed by atoms with van der Waals surface area (Å²) in [5.74, 6) is 0.0647. The first-order valence-electron chi connectivity index (χ1n) is 7.83. The highest BCUT2D eigenvalue weighted by molar-refractivity contribution is 9.10. The number of nitrogens with one attached hydrogen (secondary N) is 1. The number of aromatic nitrogens is 2. The van der Waals surface area contributed by atoms with Crippen molar-refractivity contribution in [1.82, 2.24) is 15.3 Å². The summed E-state index contributed by atoms with van der Waals surface area (Å²) in [7, 11) is 0. The lowest BCUT2D eigenvalue weighted by atomic mass is 9.75. The van der Waals surface area contributed by atoms with Crippen molar-refractivity contribution in [2.24, 2.45) is 0 Å². The summed E-state index contributed by atoms with van der Waals surface area (Å²) in [5, 5.41) is 3.15. The lowest BCUT2D eigenvalue weighted by Crippen LogP contribution is -2.50. The number of benzene rings is 1. The first-order valence-corrected chi connectivity index (χ1v) is 8.62. The van der Waals surface area contributed by atoms with Crippen molar-refractivity contribution in [3.8, 4) is 0 Å². The number of carbonyl (C=O) groups excluding carboxylic acids is 1. The molecule has 4 nitrogen and oxygen atoms in total. The molecule has 0 bridgehead atoms. The third kappa shape index (κ3) is 2.95. The molecule has 0 spiro atoms. The van der Waals surface area contributed by atoms with E-state index >= 15 is 0 Å². The maximum Gasteiger partial charge on any atom is 0.271 e. The SMILES string of the molecule is Cc1ncc(Br)c(C(=O)NC2(C(C)(C)c3ccc(F)cc3)CC2)n1. The third-order valence-corrected chi connectivity index (χ3v) is 5.53. The first kappa shape index (κ1) is 17.0. The average molecular weight is 392 g/mol. The summed E-state index contributed by atoms with van der Waals surface area (Å²) in [6, 6.07) is 6.48. The molecule has 1 N–H and O–H groups in total. The number of rotatable bonds is 4. The summed E-state index contributed by atoms with van der Waals surface area (Å²) in [6.45, 7) is 5.90. The maximum atomic E-state index is 13.2. The fourth-order valence-electron chi connectivity index (χ4n) is 3.07. The third-order valence-electron chi connectivity index (χ3n) is 4.94. The van der Waals surface area contributed by atoms with Crippen LogP contribution in [-0.2, 0) is 5.41 Å². The minimum Gasteiger partial charge on any atom is -0.344 e. The van der Waals surface area contributed by atoms with Gasteiger partial charge in [-0.2, -0.15) is 0 Å². The molecule has 2 aromatic rings. The molecular formula is C18H19BrFN3O. The summed E-state index contributed by atoms with van der Waals surface area (Å²) < 4.78 is 13.8. The lowest BCUT2D eigenvalue weighted by Gasteiger charge is -2.36. The Morgan fingerprint density at radius 1 is 1.29 bits per heavy atom. The number of hydrogen-bond acceptors (Lipinski definition) is 3. The van der Waals surface area contributed by atoms with Gasteiger partial charge in [0.25, 0.3) is 5.91 Å². The van der Waals surface area contributed by atoms with E-state index in [1.54, 1.807) is 25.3 Å². The molecule has 1 fully saturated rings. The first-order chi connectivity index (χ1) is 11.2. The van der Waals surface area contributed by atoms with Gasteiger partial charge >= 0.3 is 0 Å². The van der Waals surface area contributed by atoms with E-state index in [9.17, 15) is 9.18 Å². The zero-order chi connectivity index (χ0) is 17.5. The smallest absolute Gasteiger partial charge is 0.271 e. The number of carbonyl (C=O) groups is 1. The summed E-state index contributed by atoms with van der Waals surface area (Å²) >= 11 is 3.33. The van der Waals surface area contributed by atoms with E-state index < -0.39 is 0 Å². The second kappa shape index (κ2) is 5.92. The van der Waals surface area contributed by atoms with E-state index in [-0.39, 0.29) is 22.7 Å². The van der Waals surface area contributed by atoms with Crippen LogP contribution >= 0.6 is 15.9 Å². The number of halogens is 2. The molecule has 1 aliphatic rings. The molecule has 0 unspecified atom stereocenters. The quantitative estimate of drug-likeness (QED) is 0.858. The van der Waals surface area contributed by atoms with Crippen molar-refractivity contribution in [1.29, 1.82) is 0 Å². The van der Waals surface area contributed by atoms with Gasteiger partial charge in [0.2, 0.25) is 0 Å². The molecule has 0 aliphatic heterocycles. The maximum absolute atomic E-state index is 13.2. The molecule has 1 saturated carbocycles. The van der Waals surface area contributed by atoms with Crippen molar-refractivity contribution in [3.05, 3.63) is 57.8 Å². The van der Waals surface area contributed by atoms with Gasteiger partial charge < -0.3 is 5.32 Å². The topological polar surface area (TPSA) is 54.9 Å². The van der Waals surface area contributed by atoms with Gasteiger partial charge in [-0.15, -0.1) is 0 Å². The fourth-order valence-corrected chi connectivity index (χ4v) is 3.44. The molecule has 24 heavy (non-hydrogen) atoms. The molecule has 3 rings (SSSR count). The van der Waals surface area contributed by atoms with Crippen molar-refractivity contribution in [3.63, 3.8) is 0 Å². The van der Waals surface area contributed by atoms with Gasteiger partial charge in [0.05, 0.1) is 4.47 Å². The zero-order valence-corrected chi connectivity index (χ0v) is 15.4. The van der Waals surface area contributed by atoms with E-state index in [0.717, 1.165) is 18.4 Å². The molecule has 126 valence electrons. The number of amides is 1. The van der Waals surface area contributed by atoms with Gasteiger partial charge in [-0.25, -0.2) is 14.4 Å². The Hall–Kier alpha value is -1.82. The van der Waals surface area contributed by atoms with Crippen LogP contribution in [0.5, 0.6) is 0 Å². The second-order valence-electron chi connectivity index (χ2n) is 6.78. The summed E-state index contributed by atoms with van der Waals surface area (Å²) in [6.07, 6.45) is 3.34. The summed E-state index contributed by atoms with van der Waals surface area (Å²) in [4.78, 5) is 21.0. The average Bonchev–Trinajstić information content (AvgIpc) is 3.31. The van der Waals surface area contributed by atoms with Gasteiger partial charge in [0.1, 0.15) is 17.3 Å². The van der Waals surface area contributed by atoms with Crippen molar-refractivity contribution in [2.45, 2.75) is 44.6 Å². The highest BCUT2D eigenvalue weighted by atomic mass is 79.9. The largest absolute Gasteiger partial charge is 0.344 e. The van der Waals surface area contributed by atoms with Crippen LogP contribution in [0.15, 0.2) is 34.9 Å².